The summed E-state index contributed by atoms with van der Waals surface area (Å²) in [5, 5.41) is 8.88. The highest BCUT2D eigenvalue weighted by Crippen LogP contribution is 2.31. The standard InChI is InChI=1S/C17H14F3NO5/c18-17(19,20)12-3-1-10(2-4-12)14-8-21(5-6-25-14)15(22)13-7-11(9-26-13)16(23)24/h1-4,7,9,14H,5-6,8H2,(H,23,24). The number of carbonyl (C=O) groups is 2. The number of carbonyl (C=O) groups excluding carboxylic acids is 1. The summed E-state index contributed by atoms with van der Waals surface area (Å²) in [6, 6.07) is 5.69. The smallest absolute Gasteiger partial charge is 0.416 e. The number of carboxylic acid groups (broad SMARTS) is 1. The van der Waals surface area contributed by atoms with Gasteiger partial charge in [0.1, 0.15) is 12.4 Å². The monoisotopic (exact) mass is 369 g/mol. The summed E-state index contributed by atoms with van der Waals surface area (Å²) < 4.78 is 48.5. The van der Waals surface area contributed by atoms with E-state index in [1.165, 1.54) is 17.0 Å². The van der Waals surface area contributed by atoms with E-state index in [4.69, 9.17) is 14.3 Å². The van der Waals surface area contributed by atoms with Gasteiger partial charge in [-0.2, -0.15) is 13.2 Å². The molecule has 6 nitrogen and oxygen atoms in total. The van der Waals surface area contributed by atoms with Gasteiger partial charge in [0, 0.05) is 12.6 Å². The number of morpholine rings is 1. The molecule has 1 N–H and O–H groups in total. The van der Waals surface area contributed by atoms with Gasteiger partial charge in [-0.15, -0.1) is 0 Å². The summed E-state index contributed by atoms with van der Waals surface area (Å²) in [5.41, 5.74) is -0.385. The quantitative estimate of drug-likeness (QED) is 0.899. The summed E-state index contributed by atoms with van der Waals surface area (Å²) in [6.07, 6.45) is -4.03. The topological polar surface area (TPSA) is 80.0 Å². The molecule has 138 valence electrons. The van der Waals surface area contributed by atoms with Crippen molar-refractivity contribution >= 4 is 11.9 Å². The van der Waals surface area contributed by atoms with Crippen LogP contribution in [0.15, 0.2) is 41.0 Å². The fourth-order valence-electron chi connectivity index (χ4n) is 2.64. The third-order valence-electron chi connectivity index (χ3n) is 4.02. The molecule has 2 aromatic rings. The minimum absolute atomic E-state index is 0.115. The molecule has 1 saturated heterocycles. The van der Waals surface area contributed by atoms with Crippen LogP contribution in [-0.4, -0.2) is 41.6 Å². The second-order valence-electron chi connectivity index (χ2n) is 5.74. The number of nitrogens with zero attached hydrogens (tertiary/aromatic N) is 1. The molecule has 0 aliphatic carbocycles. The molecule has 1 aromatic heterocycles. The summed E-state index contributed by atoms with van der Waals surface area (Å²) in [7, 11) is 0. The molecule has 0 radical (unpaired) electrons. The molecule has 1 fully saturated rings. The second kappa shape index (κ2) is 6.83. The van der Waals surface area contributed by atoms with E-state index < -0.39 is 29.7 Å². The molecule has 0 bridgehead atoms. The van der Waals surface area contributed by atoms with Crippen LogP contribution in [0, 0.1) is 0 Å². The molecule has 0 saturated carbocycles. The number of hydrogen-bond donors (Lipinski definition) is 1. The predicted octanol–water partition coefficient (Wildman–Crippen LogP) is 3.21. The van der Waals surface area contributed by atoms with Gasteiger partial charge in [-0.3, -0.25) is 4.79 Å². The van der Waals surface area contributed by atoms with Crippen molar-refractivity contribution in [3.8, 4) is 0 Å². The SMILES string of the molecule is O=C(O)c1coc(C(=O)N2CCOC(c3ccc(C(F)(F)F)cc3)C2)c1. The Balaban J connectivity index is 1.72. The van der Waals surface area contributed by atoms with Crippen LogP contribution in [0.4, 0.5) is 13.2 Å². The highest BCUT2D eigenvalue weighted by atomic mass is 19.4. The molecule has 1 atom stereocenters. The van der Waals surface area contributed by atoms with Gasteiger partial charge in [0.2, 0.25) is 0 Å². The van der Waals surface area contributed by atoms with E-state index in [0.717, 1.165) is 24.5 Å². The normalized spacial score (nSPS) is 18.0. The van der Waals surface area contributed by atoms with E-state index in [-0.39, 0.29) is 31.0 Å². The van der Waals surface area contributed by atoms with Crippen LogP contribution in [0.2, 0.25) is 0 Å². The molecule has 3 rings (SSSR count). The van der Waals surface area contributed by atoms with Crippen molar-refractivity contribution < 1.29 is 37.0 Å². The Labute approximate surface area is 145 Å². The third-order valence-corrected chi connectivity index (χ3v) is 4.02. The van der Waals surface area contributed by atoms with Gasteiger partial charge in [0.25, 0.3) is 5.91 Å². The molecular formula is C17H14F3NO5. The average molecular weight is 369 g/mol. The first kappa shape index (κ1) is 18.0. The van der Waals surface area contributed by atoms with Crippen molar-refractivity contribution in [2.75, 3.05) is 19.7 Å². The van der Waals surface area contributed by atoms with E-state index in [1.807, 2.05) is 0 Å². The molecular weight excluding hydrogens is 355 g/mol. The Morgan fingerprint density at radius 2 is 1.88 bits per heavy atom. The number of hydrogen-bond acceptors (Lipinski definition) is 4. The lowest BCUT2D eigenvalue weighted by molar-refractivity contribution is -0.137. The largest absolute Gasteiger partial charge is 0.478 e. The molecule has 26 heavy (non-hydrogen) atoms. The van der Waals surface area contributed by atoms with Gasteiger partial charge in [0.15, 0.2) is 5.76 Å². The number of amides is 1. The molecule has 1 amide bonds. The fraction of sp³-hybridized carbons (Fsp3) is 0.294. The van der Waals surface area contributed by atoms with E-state index in [9.17, 15) is 22.8 Å². The Kier molecular flexibility index (Phi) is 4.73. The first-order valence-electron chi connectivity index (χ1n) is 7.65. The number of alkyl halides is 3. The summed E-state index contributed by atoms with van der Waals surface area (Å²) in [6.45, 7) is 0.580. The van der Waals surface area contributed by atoms with Crippen molar-refractivity contribution in [1.82, 2.24) is 4.90 Å². The van der Waals surface area contributed by atoms with Gasteiger partial charge in [-0.25, -0.2) is 4.79 Å². The zero-order valence-electron chi connectivity index (χ0n) is 13.3. The van der Waals surface area contributed by atoms with Crippen molar-refractivity contribution in [3.63, 3.8) is 0 Å². The van der Waals surface area contributed by atoms with Crippen molar-refractivity contribution in [3.05, 3.63) is 59.0 Å². The van der Waals surface area contributed by atoms with E-state index in [2.05, 4.69) is 0 Å². The third kappa shape index (κ3) is 3.72. The van der Waals surface area contributed by atoms with E-state index in [1.54, 1.807) is 0 Å². The van der Waals surface area contributed by atoms with E-state index >= 15 is 0 Å². The number of benzene rings is 1. The van der Waals surface area contributed by atoms with Crippen LogP contribution in [0.1, 0.15) is 38.1 Å². The number of halogens is 3. The number of carboxylic acids is 1. The summed E-state index contributed by atoms with van der Waals surface area (Å²) >= 11 is 0. The molecule has 2 heterocycles. The Hall–Kier alpha value is -2.81. The fourth-order valence-corrected chi connectivity index (χ4v) is 2.64. The van der Waals surface area contributed by atoms with Crippen molar-refractivity contribution in [2.45, 2.75) is 12.3 Å². The van der Waals surface area contributed by atoms with Crippen LogP contribution in [-0.2, 0) is 10.9 Å². The van der Waals surface area contributed by atoms with Crippen LogP contribution < -0.4 is 0 Å². The first-order valence-corrected chi connectivity index (χ1v) is 7.65. The maximum Gasteiger partial charge on any atom is 0.416 e. The lowest BCUT2D eigenvalue weighted by atomic mass is 10.0. The van der Waals surface area contributed by atoms with Crippen LogP contribution in [0.25, 0.3) is 0 Å². The second-order valence-corrected chi connectivity index (χ2v) is 5.74. The van der Waals surface area contributed by atoms with Gasteiger partial charge in [-0.1, -0.05) is 12.1 Å². The molecule has 1 aliphatic heterocycles. The molecule has 1 aromatic carbocycles. The average Bonchev–Trinajstić information content (AvgIpc) is 3.11. The lowest BCUT2D eigenvalue weighted by Crippen LogP contribution is -2.42. The molecule has 1 aliphatic rings. The first-order chi connectivity index (χ1) is 12.3. The van der Waals surface area contributed by atoms with Crippen LogP contribution in [0.3, 0.4) is 0 Å². The zero-order chi connectivity index (χ0) is 18.9. The van der Waals surface area contributed by atoms with Crippen molar-refractivity contribution in [1.29, 1.82) is 0 Å². The minimum atomic E-state index is -4.42. The molecule has 0 spiro atoms. The zero-order valence-corrected chi connectivity index (χ0v) is 13.3. The Bertz CT molecular complexity index is 813. The van der Waals surface area contributed by atoms with Gasteiger partial charge < -0.3 is 19.2 Å². The van der Waals surface area contributed by atoms with Crippen LogP contribution in [0.5, 0.6) is 0 Å². The minimum Gasteiger partial charge on any atom is -0.478 e. The van der Waals surface area contributed by atoms with Crippen LogP contribution >= 0.6 is 0 Å². The molecule has 1 unspecified atom stereocenters. The summed E-state index contributed by atoms with van der Waals surface area (Å²) in [4.78, 5) is 24.7. The maximum absolute atomic E-state index is 12.6. The molecule has 9 heteroatoms. The highest BCUT2D eigenvalue weighted by molar-refractivity contribution is 5.95. The van der Waals surface area contributed by atoms with Gasteiger partial charge in [-0.05, 0) is 17.7 Å². The number of aromatic carboxylic acids is 1. The van der Waals surface area contributed by atoms with Gasteiger partial charge in [0.05, 0.1) is 24.3 Å². The number of ether oxygens (including phenoxy) is 1. The number of furan rings is 1. The van der Waals surface area contributed by atoms with Crippen molar-refractivity contribution in [2.24, 2.45) is 0 Å². The van der Waals surface area contributed by atoms with E-state index in [0.29, 0.717) is 5.56 Å². The number of rotatable bonds is 3. The Morgan fingerprint density at radius 3 is 2.46 bits per heavy atom. The van der Waals surface area contributed by atoms with Gasteiger partial charge >= 0.3 is 12.1 Å². The Morgan fingerprint density at radius 1 is 1.19 bits per heavy atom. The predicted molar refractivity (Wildman–Crippen MR) is 81.7 cm³/mol. The maximum atomic E-state index is 12.6. The lowest BCUT2D eigenvalue weighted by Gasteiger charge is -2.32. The summed E-state index contributed by atoms with van der Waals surface area (Å²) in [5.74, 6) is -1.83. The highest BCUT2D eigenvalue weighted by Gasteiger charge is 2.32.